The molecule has 1 aromatic heterocycles. The van der Waals surface area contributed by atoms with Crippen LogP contribution in [0.5, 0.6) is 0 Å². The highest BCUT2D eigenvalue weighted by Gasteiger charge is 2.06. The fourth-order valence-electron chi connectivity index (χ4n) is 0.509. The van der Waals surface area contributed by atoms with E-state index in [1.165, 1.54) is 11.3 Å². The van der Waals surface area contributed by atoms with Crippen molar-refractivity contribution >= 4 is 22.4 Å². The highest BCUT2D eigenvalue weighted by Crippen LogP contribution is 2.10. The molecule has 1 rings (SSSR count). The molecule has 0 saturated carbocycles. The molecular formula is C7H5N3OS. The van der Waals surface area contributed by atoms with E-state index in [1.807, 2.05) is 0 Å². The van der Waals surface area contributed by atoms with Gasteiger partial charge in [0.15, 0.2) is 5.13 Å². The number of anilines is 1. The molecule has 1 amide bonds. The van der Waals surface area contributed by atoms with Crippen LogP contribution in [0.15, 0.2) is 23.7 Å². The number of carbonyl (C=O) groups excluding carboxylic acids is 1. The summed E-state index contributed by atoms with van der Waals surface area (Å²) in [4.78, 5) is 14.8. The Morgan fingerprint density at radius 1 is 1.83 bits per heavy atom. The first-order chi connectivity index (χ1) is 5.74. The fraction of sp³-hybridized carbons (Fsp3) is 0. The Morgan fingerprint density at radius 3 is 3.08 bits per heavy atom. The van der Waals surface area contributed by atoms with Crippen molar-refractivity contribution in [2.24, 2.45) is 0 Å². The summed E-state index contributed by atoms with van der Waals surface area (Å²) in [6.07, 6.45) is 1.56. The maximum absolute atomic E-state index is 11.0. The Hall–Kier alpha value is -1.67. The molecule has 0 aromatic carbocycles. The second-order valence-electron chi connectivity index (χ2n) is 1.88. The lowest BCUT2D eigenvalue weighted by Gasteiger charge is -1.95. The number of rotatable bonds is 2. The summed E-state index contributed by atoms with van der Waals surface area (Å²) in [6.45, 7) is 3.26. The maximum atomic E-state index is 11.0. The van der Waals surface area contributed by atoms with E-state index >= 15 is 0 Å². The molecule has 0 spiro atoms. The van der Waals surface area contributed by atoms with Crippen molar-refractivity contribution in [3.05, 3.63) is 23.7 Å². The molecule has 0 atom stereocenters. The summed E-state index contributed by atoms with van der Waals surface area (Å²) in [6, 6.07) is 1.65. The number of nitrogens with zero attached hydrogens (tertiary/aromatic N) is 2. The smallest absolute Gasteiger partial charge is 0.267 e. The van der Waals surface area contributed by atoms with Crippen LogP contribution in [0.2, 0.25) is 0 Å². The first-order valence-electron chi connectivity index (χ1n) is 3.04. The summed E-state index contributed by atoms with van der Waals surface area (Å²) in [7, 11) is 0. The Labute approximate surface area is 73.2 Å². The van der Waals surface area contributed by atoms with Gasteiger partial charge in [0, 0.05) is 11.6 Å². The third kappa shape index (κ3) is 1.90. The number of thiazole rings is 1. The summed E-state index contributed by atoms with van der Waals surface area (Å²) in [5, 5.41) is 12.9. The van der Waals surface area contributed by atoms with E-state index in [9.17, 15) is 4.79 Å². The summed E-state index contributed by atoms with van der Waals surface area (Å²) < 4.78 is 0. The molecule has 0 aliphatic rings. The van der Waals surface area contributed by atoms with Crippen LogP contribution in [0.1, 0.15) is 0 Å². The summed E-state index contributed by atoms with van der Waals surface area (Å²) >= 11 is 1.29. The van der Waals surface area contributed by atoms with E-state index in [-0.39, 0.29) is 5.57 Å². The van der Waals surface area contributed by atoms with Crippen LogP contribution < -0.4 is 5.32 Å². The third-order valence-electron chi connectivity index (χ3n) is 1.06. The lowest BCUT2D eigenvalue weighted by molar-refractivity contribution is -0.112. The molecule has 12 heavy (non-hydrogen) atoms. The zero-order valence-electron chi connectivity index (χ0n) is 6.07. The van der Waals surface area contributed by atoms with Gasteiger partial charge in [0.1, 0.15) is 11.6 Å². The van der Waals surface area contributed by atoms with Crippen LogP contribution in [0.25, 0.3) is 0 Å². The van der Waals surface area contributed by atoms with Gasteiger partial charge in [-0.15, -0.1) is 11.3 Å². The molecule has 0 radical (unpaired) electrons. The second-order valence-corrected chi connectivity index (χ2v) is 2.78. The van der Waals surface area contributed by atoms with Crippen molar-refractivity contribution in [2.75, 3.05) is 5.32 Å². The molecule has 0 aliphatic heterocycles. The molecule has 5 heteroatoms. The lowest BCUT2D eigenvalue weighted by atomic mass is 10.3. The molecule has 4 nitrogen and oxygen atoms in total. The van der Waals surface area contributed by atoms with E-state index in [2.05, 4.69) is 16.9 Å². The van der Waals surface area contributed by atoms with E-state index in [0.717, 1.165) is 0 Å². The van der Waals surface area contributed by atoms with E-state index in [4.69, 9.17) is 5.26 Å². The molecule has 0 aliphatic carbocycles. The summed E-state index contributed by atoms with van der Waals surface area (Å²) in [5.41, 5.74) is -0.120. The molecule has 0 saturated heterocycles. The number of carbonyl (C=O) groups is 1. The minimum absolute atomic E-state index is 0.120. The normalized spacial score (nSPS) is 8.58. The minimum atomic E-state index is -0.507. The molecule has 1 aromatic rings. The minimum Gasteiger partial charge on any atom is -0.297 e. The van der Waals surface area contributed by atoms with Gasteiger partial charge in [-0.25, -0.2) is 4.98 Å². The second kappa shape index (κ2) is 3.64. The largest absolute Gasteiger partial charge is 0.297 e. The van der Waals surface area contributed by atoms with Crippen LogP contribution in [0.3, 0.4) is 0 Å². The SMILES string of the molecule is C=C(C#N)C(=O)Nc1nccs1. The van der Waals surface area contributed by atoms with Gasteiger partial charge in [0.2, 0.25) is 0 Å². The molecule has 0 fully saturated rings. The quantitative estimate of drug-likeness (QED) is 0.547. The Bertz CT molecular complexity index is 336. The highest BCUT2D eigenvalue weighted by atomic mass is 32.1. The predicted octanol–water partition coefficient (Wildman–Crippen LogP) is 1.16. The van der Waals surface area contributed by atoms with Gasteiger partial charge in [-0.3, -0.25) is 10.1 Å². The van der Waals surface area contributed by atoms with Crippen molar-refractivity contribution in [1.82, 2.24) is 4.98 Å². The standard InChI is InChI=1S/C7H5N3OS/c1-5(4-8)6(11)10-7-9-2-3-12-7/h2-3H,1H2,(H,9,10,11). The van der Waals surface area contributed by atoms with E-state index in [1.54, 1.807) is 17.6 Å². The Balaban J connectivity index is 2.61. The van der Waals surface area contributed by atoms with Crippen molar-refractivity contribution in [3.63, 3.8) is 0 Å². The van der Waals surface area contributed by atoms with Crippen molar-refractivity contribution < 1.29 is 4.79 Å². The highest BCUT2D eigenvalue weighted by molar-refractivity contribution is 7.13. The number of hydrogen-bond acceptors (Lipinski definition) is 4. The van der Waals surface area contributed by atoms with E-state index in [0.29, 0.717) is 5.13 Å². The molecule has 1 heterocycles. The van der Waals surface area contributed by atoms with Gasteiger partial charge in [0.25, 0.3) is 5.91 Å². The van der Waals surface area contributed by atoms with Crippen molar-refractivity contribution in [2.45, 2.75) is 0 Å². The number of nitriles is 1. The van der Waals surface area contributed by atoms with Crippen LogP contribution in [0, 0.1) is 11.3 Å². The molecular weight excluding hydrogens is 174 g/mol. The topological polar surface area (TPSA) is 65.8 Å². The summed E-state index contributed by atoms with van der Waals surface area (Å²) in [5.74, 6) is -0.507. The van der Waals surface area contributed by atoms with Gasteiger partial charge in [0.05, 0.1) is 0 Å². The molecule has 0 unspecified atom stereocenters. The maximum Gasteiger partial charge on any atom is 0.267 e. The average Bonchev–Trinajstić information content (AvgIpc) is 2.55. The van der Waals surface area contributed by atoms with Crippen LogP contribution in [-0.2, 0) is 4.79 Å². The van der Waals surface area contributed by atoms with Gasteiger partial charge < -0.3 is 0 Å². The van der Waals surface area contributed by atoms with Gasteiger partial charge in [-0.2, -0.15) is 5.26 Å². The van der Waals surface area contributed by atoms with E-state index < -0.39 is 5.91 Å². The zero-order chi connectivity index (χ0) is 8.97. The molecule has 1 N–H and O–H groups in total. The number of aromatic nitrogens is 1. The predicted molar refractivity (Wildman–Crippen MR) is 45.5 cm³/mol. The van der Waals surface area contributed by atoms with Crippen LogP contribution in [0.4, 0.5) is 5.13 Å². The first kappa shape index (κ1) is 8.43. The number of nitrogens with one attached hydrogen (secondary N) is 1. The number of amides is 1. The third-order valence-corrected chi connectivity index (χ3v) is 1.75. The zero-order valence-corrected chi connectivity index (χ0v) is 6.89. The van der Waals surface area contributed by atoms with Crippen LogP contribution in [-0.4, -0.2) is 10.9 Å². The average molecular weight is 179 g/mol. The first-order valence-corrected chi connectivity index (χ1v) is 3.92. The Kier molecular flexibility index (Phi) is 2.56. The van der Waals surface area contributed by atoms with Gasteiger partial charge >= 0.3 is 0 Å². The number of hydrogen-bond donors (Lipinski definition) is 1. The van der Waals surface area contributed by atoms with Crippen molar-refractivity contribution in [3.8, 4) is 6.07 Å². The molecule has 60 valence electrons. The monoisotopic (exact) mass is 179 g/mol. The van der Waals surface area contributed by atoms with Gasteiger partial charge in [-0.05, 0) is 0 Å². The lowest BCUT2D eigenvalue weighted by Crippen LogP contribution is -2.12. The fourth-order valence-corrected chi connectivity index (χ4v) is 1.03. The Morgan fingerprint density at radius 2 is 2.58 bits per heavy atom. The van der Waals surface area contributed by atoms with Crippen molar-refractivity contribution in [1.29, 1.82) is 5.26 Å². The molecule has 0 bridgehead atoms. The van der Waals surface area contributed by atoms with Gasteiger partial charge in [-0.1, -0.05) is 6.58 Å². The van der Waals surface area contributed by atoms with Crippen LogP contribution >= 0.6 is 11.3 Å².